The Morgan fingerprint density at radius 1 is 1.36 bits per heavy atom. The van der Waals surface area contributed by atoms with E-state index in [0.717, 1.165) is 13.0 Å². The predicted octanol–water partition coefficient (Wildman–Crippen LogP) is 0.426. The monoisotopic (exact) mass is 159 g/mol. The topological polar surface area (TPSA) is 41.3 Å². The van der Waals surface area contributed by atoms with Crippen LogP contribution >= 0.6 is 0 Å². The van der Waals surface area contributed by atoms with Gasteiger partial charge in [-0.15, -0.1) is 0 Å². The molecule has 11 heavy (non-hydrogen) atoms. The van der Waals surface area contributed by atoms with Gasteiger partial charge >= 0.3 is 0 Å². The molecule has 3 nitrogen and oxygen atoms in total. The molecule has 1 atom stereocenters. The zero-order chi connectivity index (χ0) is 8.85. The van der Waals surface area contributed by atoms with Crippen LogP contribution in [0.3, 0.4) is 0 Å². The molecule has 0 aliphatic rings. The Balaban J connectivity index is 3.52. The lowest BCUT2D eigenvalue weighted by molar-refractivity contribution is 0.318. The third-order valence-electron chi connectivity index (χ3n) is 1.91. The van der Waals surface area contributed by atoms with Gasteiger partial charge in [0.1, 0.15) is 0 Å². The van der Waals surface area contributed by atoms with Crippen molar-refractivity contribution in [2.24, 2.45) is 11.8 Å². The molecule has 3 N–H and O–H groups in total. The second-order valence-corrected chi connectivity index (χ2v) is 3.61. The molecule has 0 aromatic carbocycles. The fraction of sp³-hybridized carbons (Fsp3) is 1.00. The number of rotatable bonds is 5. The minimum absolute atomic E-state index is 0.442. The van der Waals surface area contributed by atoms with Gasteiger partial charge in [-0.3, -0.25) is 11.3 Å². The Kier molecular flexibility index (Phi) is 5.46. The van der Waals surface area contributed by atoms with Gasteiger partial charge in [0.05, 0.1) is 0 Å². The lowest BCUT2D eigenvalue weighted by Crippen LogP contribution is -2.40. The van der Waals surface area contributed by atoms with Crippen molar-refractivity contribution in [2.75, 3.05) is 20.6 Å². The Morgan fingerprint density at radius 2 is 1.91 bits per heavy atom. The summed E-state index contributed by atoms with van der Waals surface area (Å²) in [5.74, 6) is 6.00. The van der Waals surface area contributed by atoms with Gasteiger partial charge < -0.3 is 4.90 Å². The van der Waals surface area contributed by atoms with Gasteiger partial charge in [-0.1, -0.05) is 13.8 Å². The van der Waals surface area contributed by atoms with Crippen LogP contribution in [-0.4, -0.2) is 31.6 Å². The van der Waals surface area contributed by atoms with Crippen molar-refractivity contribution in [3.63, 3.8) is 0 Å². The van der Waals surface area contributed by atoms with Crippen molar-refractivity contribution in [2.45, 2.75) is 26.3 Å². The lowest BCUT2D eigenvalue weighted by atomic mass is 10.0. The average molecular weight is 159 g/mol. The molecule has 3 heteroatoms. The first-order chi connectivity index (χ1) is 5.07. The van der Waals surface area contributed by atoms with Crippen LogP contribution in [0.1, 0.15) is 20.3 Å². The van der Waals surface area contributed by atoms with Gasteiger partial charge in [-0.25, -0.2) is 0 Å². The average Bonchev–Trinajstić information content (AvgIpc) is 1.87. The molecule has 0 aliphatic heterocycles. The number of hydrazine groups is 1. The molecule has 0 saturated carbocycles. The molecule has 0 spiro atoms. The van der Waals surface area contributed by atoms with E-state index < -0.39 is 0 Å². The van der Waals surface area contributed by atoms with E-state index in [0.29, 0.717) is 12.0 Å². The first-order valence-electron chi connectivity index (χ1n) is 4.18. The minimum Gasteiger partial charge on any atom is -0.309 e. The number of nitrogens with one attached hydrogen (secondary N) is 1. The Morgan fingerprint density at radius 3 is 2.18 bits per heavy atom. The SMILES string of the molecule is CC(C)C(CCN(C)C)NN. The molecule has 1 unspecified atom stereocenters. The van der Waals surface area contributed by atoms with Crippen LogP contribution in [0, 0.1) is 5.92 Å². The van der Waals surface area contributed by atoms with Crippen LogP contribution in [0.4, 0.5) is 0 Å². The summed E-state index contributed by atoms with van der Waals surface area (Å²) >= 11 is 0. The number of hydrogen-bond acceptors (Lipinski definition) is 3. The molecule has 68 valence electrons. The van der Waals surface area contributed by atoms with Crippen LogP contribution in [0.5, 0.6) is 0 Å². The molecule has 0 aromatic heterocycles. The third kappa shape index (κ3) is 5.18. The van der Waals surface area contributed by atoms with Crippen LogP contribution in [-0.2, 0) is 0 Å². The summed E-state index contributed by atoms with van der Waals surface area (Å²) in [7, 11) is 4.15. The van der Waals surface area contributed by atoms with Crippen LogP contribution < -0.4 is 11.3 Å². The number of hydrogen-bond donors (Lipinski definition) is 2. The molecule has 0 aromatic rings. The molecule has 0 fully saturated rings. The summed E-state index contributed by atoms with van der Waals surface area (Å²) in [5.41, 5.74) is 2.83. The molecule has 0 heterocycles. The molecule has 0 saturated heterocycles. The molecular formula is C8H21N3. The van der Waals surface area contributed by atoms with E-state index in [1.165, 1.54) is 0 Å². The van der Waals surface area contributed by atoms with Crippen LogP contribution in [0.2, 0.25) is 0 Å². The molecule has 0 rings (SSSR count). The Bertz CT molecular complexity index is 91.3. The highest BCUT2D eigenvalue weighted by atomic mass is 15.2. The first-order valence-corrected chi connectivity index (χ1v) is 4.18. The normalized spacial score (nSPS) is 14.5. The van der Waals surface area contributed by atoms with Gasteiger partial charge in [0.15, 0.2) is 0 Å². The van der Waals surface area contributed by atoms with Gasteiger partial charge in [-0.05, 0) is 33.0 Å². The molecule has 0 radical (unpaired) electrons. The zero-order valence-electron chi connectivity index (χ0n) is 8.09. The summed E-state index contributed by atoms with van der Waals surface area (Å²) in [6, 6.07) is 0.442. The molecule has 0 aliphatic carbocycles. The van der Waals surface area contributed by atoms with Gasteiger partial charge in [0, 0.05) is 6.04 Å². The van der Waals surface area contributed by atoms with Gasteiger partial charge in [-0.2, -0.15) is 0 Å². The van der Waals surface area contributed by atoms with Crippen molar-refractivity contribution >= 4 is 0 Å². The highest BCUT2D eigenvalue weighted by molar-refractivity contribution is 4.68. The molecule has 0 bridgehead atoms. The largest absolute Gasteiger partial charge is 0.309 e. The van der Waals surface area contributed by atoms with Crippen molar-refractivity contribution < 1.29 is 0 Å². The summed E-state index contributed by atoms with van der Waals surface area (Å²) in [6.45, 7) is 5.45. The number of nitrogens with two attached hydrogens (primary N) is 1. The van der Waals surface area contributed by atoms with E-state index in [1.54, 1.807) is 0 Å². The molecule has 0 amide bonds. The maximum absolute atomic E-state index is 5.39. The molecular weight excluding hydrogens is 138 g/mol. The highest BCUT2D eigenvalue weighted by Crippen LogP contribution is 2.04. The van der Waals surface area contributed by atoms with E-state index in [9.17, 15) is 0 Å². The quantitative estimate of drug-likeness (QED) is 0.451. The van der Waals surface area contributed by atoms with Crippen LogP contribution in [0.25, 0.3) is 0 Å². The summed E-state index contributed by atoms with van der Waals surface area (Å²) in [5, 5.41) is 0. The van der Waals surface area contributed by atoms with Crippen molar-refractivity contribution in [1.29, 1.82) is 0 Å². The zero-order valence-corrected chi connectivity index (χ0v) is 8.09. The van der Waals surface area contributed by atoms with E-state index in [1.807, 2.05) is 0 Å². The predicted molar refractivity (Wildman–Crippen MR) is 49.1 cm³/mol. The fourth-order valence-corrected chi connectivity index (χ4v) is 1.01. The second-order valence-electron chi connectivity index (χ2n) is 3.61. The summed E-state index contributed by atoms with van der Waals surface area (Å²) in [4.78, 5) is 2.17. The van der Waals surface area contributed by atoms with E-state index in [4.69, 9.17) is 5.84 Å². The van der Waals surface area contributed by atoms with Gasteiger partial charge in [0.2, 0.25) is 0 Å². The third-order valence-corrected chi connectivity index (χ3v) is 1.91. The first kappa shape index (κ1) is 10.9. The lowest BCUT2D eigenvalue weighted by Gasteiger charge is -2.21. The smallest absolute Gasteiger partial charge is 0.0245 e. The highest BCUT2D eigenvalue weighted by Gasteiger charge is 2.10. The fourth-order valence-electron chi connectivity index (χ4n) is 1.01. The maximum atomic E-state index is 5.39. The standard InChI is InChI=1S/C8H21N3/c1-7(2)8(10-9)5-6-11(3)4/h7-8,10H,5-6,9H2,1-4H3. The van der Waals surface area contributed by atoms with Gasteiger partial charge in [0.25, 0.3) is 0 Å². The summed E-state index contributed by atoms with van der Waals surface area (Å²) in [6.07, 6.45) is 1.11. The second kappa shape index (κ2) is 5.52. The number of nitrogens with zero attached hydrogens (tertiary/aromatic N) is 1. The Labute approximate surface area is 69.9 Å². The van der Waals surface area contributed by atoms with Crippen molar-refractivity contribution in [3.05, 3.63) is 0 Å². The maximum Gasteiger partial charge on any atom is 0.0245 e. The van der Waals surface area contributed by atoms with Crippen LogP contribution in [0.15, 0.2) is 0 Å². The Hall–Kier alpha value is -0.120. The summed E-state index contributed by atoms with van der Waals surface area (Å²) < 4.78 is 0. The van der Waals surface area contributed by atoms with E-state index in [-0.39, 0.29) is 0 Å². The van der Waals surface area contributed by atoms with E-state index >= 15 is 0 Å². The minimum atomic E-state index is 0.442. The van der Waals surface area contributed by atoms with Crippen molar-refractivity contribution in [3.8, 4) is 0 Å². The van der Waals surface area contributed by atoms with E-state index in [2.05, 4.69) is 38.3 Å². The van der Waals surface area contributed by atoms with Crippen molar-refractivity contribution in [1.82, 2.24) is 10.3 Å².